The number of phenolic OH excluding ortho intramolecular Hbond substituents is 1. The molecule has 0 unspecified atom stereocenters. The van der Waals surface area contributed by atoms with Crippen molar-refractivity contribution in [2.24, 2.45) is 5.92 Å². The van der Waals surface area contributed by atoms with Crippen molar-refractivity contribution in [2.75, 3.05) is 6.54 Å². The van der Waals surface area contributed by atoms with Crippen molar-refractivity contribution in [3.63, 3.8) is 0 Å². The van der Waals surface area contributed by atoms with Gasteiger partial charge >= 0.3 is 0 Å². The van der Waals surface area contributed by atoms with Crippen molar-refractivity contribution >= 4 is 0 Å². The number of phenols is 1. The minimum atomic E-state index is 0.120. The molecule has 2 bridgehead atoms. The number of nitriles is 1. The van der Waals surface area contributed by atoms with E-state index in [1.807, 2.05) is 12.1 Å². The van der Waals surface area contributed by atoms with Crippen molar-refractivity contribution in [1.82, 2.24) is 5.32 Å². The van der Waals surface area contributed by atoms with E-state index < -0.39 is 0 Å². The molecule has 0 aromatic heterocycles. The molecule has 1 fully saturated rings. The van der Waals surface area contributed by atoms with E-state index in [0.717, 1.165) is 19.4 Å². The fourth-order valence-electron chi connectivity index (χ4n) is 3.65. The van der Waals surface area contributed by atoms with Gasteiger partial charge in [0, 0.05) is 6.04 Å². The molecule has 3 rings (SSSR count). The van der Waals surface area contributed by atoms with Gasteiger partial charge in [0.2, 0.25) is 0 Å². The van der Waals surface area contributed by atoms with Gasteiger partial charge in [-0.25, -0.2) is 0 Å². The lowest BCUT2D eigenvalue weighted by molar-refractivity contribution is 0.158. The van der Waals surface area contributed by atoms with E-state index in [2.05, 4.69) is 25.2 Å². The number of aromatic hydroxyl groups is 1. The molecule has 2 aliphatic rings. The molecular weight excluding hydrogens is 224 g/mol. The highest BCUT2D eigenvalue weighted by Crippen LogP contribution is 2.47. The molecule has 1 aromatic carbocycles. The van der Waals surface area contributed by atoms with Crippen LogP contribution in [0.5, 0.6) is 5.75 Å². The molecule has 18 heavy (non-hydrogen) atoms. The van der Waals surface area contributed by atoms with Gasteiger partial charge in [-0.1, -0.05) is 13.8 Å². The summed E-state index contributed by atoms with van der Waals surface area (Å²) in [5.41, 5.74) is 2.98. The van der Waals surface area contributed by atoms with E-state index in [1.54, 1.807) is 0 Å². The van der Waals surface area contributed by atoms with Crippen LogP contribution in [0.25, 0.3) is 0 Å². The van der Waals surface area contributed by atoms with Crippen LogP contribution in [-0.4, -0.2) is 17.7 Å². The van der Waals surface area contributed by atoms with Gasteiger partial charge in [-0.05, 0) is 54.0 Å². The SMILES string of the molecule is C[C@@H]1[C@H]2Cc3cc(C#N)c(O)cc3[C@]1(C)CCN2. The molecule has 1 aromatic rings. The Hall–Kier alpha value is -1.53. The molecule has 1 aliphatic carbocycles. The van der Waals surface area contributed by atoms with Crippen LogP contribution in [0.3, 0.4) is 0 Å². The van der Waals surface area contributed by atoms with Gasteiger partial charge in [0.05, 0.1) is 5.56 Å². The van der Waals surface area contributed by atoms with E-state index >= 15 is 0 Å². The summed E-state index contributed by atoms with van der Waals surface area (Å²) >= 11 is 0. The zero-order valence-electron chi connectivity index (χ0n) is 10.8. The van der Waals surface area contributed by atoms with Gasteiger partial charge in [-0.15, -0.1) is 0 Å². The van der Waals surface area contributed by atoms with Gasteiger partial charge in [-0.3, -0.25) is 0 Å². The van der Waals surface area contributed by atoms with Crippen LogP contribution in [0, 0.1) is 17.2 Å². The Bertz CT molecular complexity index is 546. The Morgan fingerprint density at radius 1 is 1.50 bits per heavy atom. The fourth-order valence-corrected chi connectivity index (χ4v) is 3.65. The molecule has 3 nitrogen and oxygen atoms in total. The molecule has 0 spiro atoms. The maximum absolute atomic E-state index is 9.93. The summed E-state index contributed by atoms with van der Waals surface area (Å²) in [6, 6.07) is 6.25. The third-order valence-electron chi connectivity index (χ3n) is 5.06. The third kappa shape index (κ3) is 1.39. The number of fused-ring (bicyclic) bond motifs is 4. The molecular formula is C15H18N2O. The van der Waals surface area contributed by atoms with E-state index in [-0.39, 0.29) is 11.2 Å². The monoisotopic (exact) mass is 242 g/mol. The van der Waals surface area contributed by atoms with Crippen molar-refractivity contribution in [2.45, 2.75) is 38.1 Å². The smallest absolute Gasteiger partial charge is 0.133 e. The second-order valence-electron chi connectivity index (χ2n) is 5.86. The first-order valence-corrected chi connectivity index (χ1v) is 6.56. The highest BCUT2D eigenvalue weighted by atomic mass is 16.3. The zero-order valence-corrected chi connectivity index (χ0v) is 10.8. The lowest BCUT2D eigenvalue weighted by Crippen LogP contribution is -2.56. The van der Waals surface area contributed by atoms with Crippen molar-refractivity contribution < 1.29 is 5.11 Å². The predicted octanol–water partition coefficient (Wildman–Crippen LogP) is 2.08. The highest BCUT2D eigenvalue weighted by Gasteiger charge is 2.45. The van der Waals surface area contributed by atoms with Gasteiger partial charge in [0.25, 0.3) is 0 Å². The van der Waals surface area contributed by atoms with E-state index in [0.29, 0.717) is 17.5 Å². The van der Waals surface area contributed by atoms with Gasteiger partial charge in [-0.2, -0.15) is 5.26 Å². The summed E-state index contributed by atoms with van der Waals surface area (Å²) in [6.45, 7) is 5.61. The van der Waals surface area contributed by atoms with E-state index in [4.69, 9.17) is 5.26 Å². The van der Waals surface area contributed by atoms with E-state index in [9.17, 15) is 5.11 Å². The van der Waals surface area contributed by atoms with Gasteiger partial charge in [0.15, 0.2) is 0 Å². The molecule has 94 valence electrons. The van der Waals surface area contributed by atoms with Crippen LogP contribution in [0.4, 0.5) is 0 Å². The quantitative estimate of drug-likeness (QED) is 0.732. The second kappa shape index (κ2) is 3.73. The minimum absolute atomic E-state index is 0.120. The fraction of sp³-hybridized carbons (Fsp3) is 0.533. The van der Waals surface area contributed by atoms with Crippen LogP contribution in [0.2, 0.25) is 0 Å². The largest absolute Gasteiger partial charge is 0.507 e. The molecule has 0 radical (unpaired) electrons. The molecule has 1 heterocycles. The first kappa shape index (κ1) is 11.6. The molecule has 1 aliphatic heterocycles. The van der Waals surface area contributed by atoms with Gasteiger partial charge in [0.1, 0.15) is 11.8 Å². The van der Waals surface area contributed by atoms with Crippen molar-refractivity contribution in [3.05, 3.63) is 28.8 Å². The maximum Gasteiger partial charge on any atom is 0.133 e. The van der Waals surface area contributed by atoms with Crippen LogP contribution in [-0.2, 0) is 11.8 Å². The summed E-state index contributed by atoms with van der Waals surface area (Å²) in [5.74, 6) is 0.688. The number of nitrogens with one attached hydrogen (secondary N) is 1. The average molecular weight is 242 g/mol. The number of benzene rings is 1. The summed E-state index contributed by atoms with van der Waals surface area (Å²) < 4.78 is 0. The highest BCUT2D eigenvalue weighted by molar-refractivity contribution is 5.52. The summed E-state index contributed by atoms with van der Waals surface area (Å²) in [4.78, 5) is 0. The van der Waals surface area contributed by atoms with E-state index in [1.165, 1.54) is 11.1 Å². The lowest BCUT2D eigenvalue weighted by Gasteiger charge is -2.50. The number of nitrogens with zero attached hydrogens (tertiary/aromatic N) is 1. The maximum atomic E-state index is 9.93. The molecule has 0 saturated carbocycles. The Balaban J connectivity index is 2.20. The third-order valence-corrected chi connectivity index (χ3v) is 5.06. The summed E-state index contributed by atoms with van der Waals surface area (Å²) in [5, 5.41) is 22.5. The van der Waals surface area contributed by atoms with Crippen LogP contribution >= 0.6 is 0 Å². The topological polar surface area (TPSA) is 56.0 Å². The normalized spacial score (nSPS) is 33.6. The predicted molar refractivity (Wildman–Crippen MR) is 69.4 cm³/mol. The average Bonchev–Trinajstić information content (AvgIpc) is 2.34. The van der Waals surface area contributed by atoms with Crippen molar-refractivity contribution in [3.8, 4) is 11.8 Å². The minimum Gasteiger partial charge on any atom is -0.507 e. The molecule has 3 heteroatoms. The first-order valence-electron chi connectivity index (χ1n) is 6.56. The summed E-state index contributed by atoms with van der Waals surface area (Å²) in [6.07, 6.45) is 2.05. The molecule has 2 N–H and O–H groups in total. The number of hydrogen-bond acceptors (Lipinski definition) is 3. The Kier molecular flexibility index (Phi) is 2.39. The number of hydrogen-bond donors (Lipinski definition) is 2. The van der Waals surface area contributed by atoms with Gasteiger partial charge < -0.3 is 10.4 Å². The lowest BCUT2D eigenvalue weighted by atomic mass is 9.59. The van der Waals surface area contributed by atoms with Crippen LogP contribution < -0.4 is 5.32 Å². The summed E-state index contributed by atoms with van der Waals surface area (Å²) in [7, 11) is 0. The van der Waals surface area contributed by atoms with Crippen LogP contribution in [0.15, 0.2) is 12.1 Å². The Morgan fingerprint density at radius 2 is 2.28 bits per heavy atom. The standard InChI is InChI=1S/C15H18N2O/c1-9-13-6-10-5-11(8-16)14(18)7-12(10)15(9,2)3-4-17-13/h5,7,9,13,17-18H,3-4,6H2,1-2H3/t9-,13-,15-/m1/s1. The molecule has 1 saturated heterocycles. The first-order chi connectivity index (χ1) is 8.56. The molecule has 3 atom stereocenters. The zero-order chi connectivity index (χ0) is 12.9. The van der Waals surface area contributed by atoms with Crippen molar-refractivity contribution in [1.29, 1.82) is 5.26 Å². The Labute approximate surface area is 107 Å². The number of rotatable bonds is 0. The second-order valence-corrected chi connectivity index (χ2v) is 5.86. The number of piperidine rings is 1. The van der Waals surface area contributed by atoms with Crippen LogP contribution in [0.1, 0.15) is 37.0 Å². The molecule has 0 amide bonds. The Morgan fingerprint density at radius 3 is 3.00 bits per heavy atom.